The summed E-state index contributed by atoms with van der Waals surface area (Å²) >= 11 is 0. The Bertz CT molecular complexity index is 1280. The molecule has 0 bridgehead atoms. The smallest absolute Gasteiger partial charge is 0.326 e. The van der Waals surface area contributed by atoms with Crippen LogP contribution in [0, 0.1) is 19.7 Å². The Hall–Kier alpha value is -3.99. The van der Waals surface area contributed by atoms with Crippen molar-refractivity contribution in [2.75, 3.05) is 25.5 Å². The first kappa shape index (κ1) is 25.1. The van der Waals surface area contributed by atoms with E-state index < -0.39 is 35.7 Å². The number of aliphatic carboxylic acids is 1. The number of aromatic amines is 1. The SMILES string of the molecule is COC(CNC(=O)c1c(C)[nH]c(/C=C2\C(=O)Nc3ccc(F)cc32)c1C)C(=O)N1CCCC1C(=O)O. The standard InChI is InChI=1S/C25H27FN4O6/c1-12-18(10-16-15-9-14(26)6-7-17(15)29-22(16)31)28-13(2)21(12)23(32)27-11-20(36-3)24(33)30-8-4-5-19(30)25(34)35/h6-7,9-10,19-20,28H,4-5,8,11H2,1-3H3,(H,27,32)(H,29,31)(H,34,35)/b16-10-. The molecule has 2 aliphatic heterocycles. The topological polar surface area (TPSA) is 141 Å². The predicted molar refractivity (Wildman–Crippen MR) is 129 cm³/mol. The molecular formula is C25H27FN4O6. The molecule has 0 radical (unpaired) electrons. The molecule has 1 saturated heterocycles. The molecule has 2 aliphatic rings. The number of benzene rings is 1. The summed E-state index contributed by atoms with van der Waals surface area (Å²) in [5, 5.41) is 14.7. The lowest BCUT2D eigenvalue weighted by atomic mass is 10.0. The molecular weight excluding hydrogens is 471 g/mol. The summed E-state index contributed by atoms with van der Waals surface area (Å²) in [5.74, 6) is -2.87. The zero-order valence-electron chi connectivity index (χ0n) is 20.1. The quantitative estimate of drug-likeness (QED) is 0.431. The van der Waals surface area contributed by atoms with Crippen molar-refractivity contribution < 1.29 is 33.4 Å². The number of rotatable bonds is 7. The van der Waals surface area contributed by atoms with Gasteiger partial charge in [-0.15, -0.1) is 0 Å². The molecule has 36 heavy (non-hydrogen) atoms. The lowest BCUT2D eigenvalue weighted by molar-refractivity contribution is -0.152. The second kappa shape index (κ2) is 9.94. The van der Waals surface area contributed by atoms with E-state index in [9.17, 15) is 28.7 Å². The van der Waals surface area contributed by atoms with Crippen molar-refractivity contribution in [1.82, 2.24) is 15.2 Å². The van der Waals surface area contributed by atoms with Gasteiger partial charge >= 0.3 is 5.97 Å². The van der Waals surface area contributed by atoms with Crippen molar-refractivity contribution in [3.05, 3.63) is 52.1 Å². The Kier molecular flexibility index (Phi) is 6.93. The van der Waals surface area contributed by atoms with Crippen molar-refractivity contribution in [2.24, 2.45) is 0 Å². The van der Waals surface area contributed by atoms with Crippen LogP contribution in [-0.4, -0.2) is 71.0 Å². The maximum atomic E-state index is 13.8. The number of fused-ring (bicyclic) bond motifs is 1. The van der Waals surface area contributed by atoms with E-state index in [0.717, 1.165) is 0 Å². The minimum absolute atomic E-state index is 0.146. The molecule has 3 heterocycles. The summed E-state index contributed by atoms with van der Waals surface area (Å²) in [7, 11) is 1.32. The lowest BCUT2D eigenvalue weighted by Gasteiger charge is -2.26. The van der Waals surface area contributed by atoms with Gasteiger partial charge in [0, 0.05) is 36.3 Å². The number of amides is 3. The number of halogens is 1. The molecule has 0 aliphatic carbocycles. The normalized spacial score (nSPS) is 18.8. The van der Waals surface area contributed by atoms with Crippen LogP contribution in [0.3, 0.4) is 0 Å². The van der Waals surface area contributed by atoms with Crippen LogP contribution >= 0.6 is 0 Å². The summed E-state index contributed by atoms with van der Waals surface area (Å²) in [5.41, 5.74) is 3.17. The molecule has 1 fully saturated rings. The van der Waals surface area contributed by atoms with Gasteiger partial charge in [-0.25, -0.2) is 9.18 Å². The minimum atomic E-state index is -1.07. The second-order valence-corrected chi connectivity index (χ2v) is 8.83. The molecule has 3 amide bonds. The number of ether oxygens (including phenoxy) is 1. The molecule has 1 aromatic carbocycles. The molecule has 1 aromatic heterocycles. The van der Waals surface area contributed by atoms with Crippen molar-refractivity contribution in [1.29, 1.82) is 0 Å². The van der Waals surface area contributed by atoms with Crippen LogP contribution in [0.15, 0.2) is 18.2 Å². The predicted octanol–water partition coefficient (Wildman–Crippen LogP) is 2.08. The number of carbonyl (C=O) groups is 4. The first-order valence-corrected chi connectivity index (χ1v) is 11.5. The van der Waals surface area contributed by atoms with Gasteiger partial charge in [0.25, 0.3) is 17.7 Å². The van der Waals surface area contributed by atoms with Crippen LogP contribution < -0.4 is 10.6 Å². The van der Waals surface area contributed by atoms with Gasteiger partial charge in [0.15, 0.2) is 6.10 Å². The van der Waals surface area contributed by atoms with E-state index in [0.29, 0.717) is 53.2 Å². The Morgan fingerprint density at radius 2 is 2.08 bits per heavy atom. The number of hydrogen-bond donors (Lipinski definition) is 4. The van der Waals surface area contributed by atoms with Gasteiger partial charge in [-0.05, 0) is 56.5 Å². The fourth-order valence-electron chi connectivity index (χ4n) is 4.72. The number of carbonyl (C=O) groups excluding carboxylic acids is 3. The van der Waals surface area contributed by atoms with Gasteiger partial charge in [0.1, 0.15) is 11.9 Å². The van der Waals surface area contributed by atoms with E-state index in [1.165, 1.54) is 30.2 Å². The minimum Gasteiger partial charge on any atom is -0.480 e. The first-order chi connectivity index (χ1) is 17.1. The van der Waals surface area contributed by atoms with E-state index in [1.807, 2.05) is 0 Å². The van der Waals surface area contributed by atoms with Gasteiger partial charge in [-0.2, -0.15) is 0 Å². The summed E-state index contributed by atoms with van der Waals surface area (Å²) < 4.78 is 19.0. The molecule has 11 heteroatoms. The van der Waals surface area contributed by atoms with Crippen molar-refractivity contribution in [3.8, 4) is 0 Å². The van der Waals surface area contributed by atoms with Crippen molar-refractivity contribution in [3.63, 3.8) is 0 Å². The Morgan fingerprint density at radius 3 is 2.78 bits per heavy atom. The lowest BCUT2D eigenvalue weighted by Crippen LogP contribution is -2.49. The number of anilines is 1. The number of H-pyrrole nitrogens is 1. The number of nitrogens with zero attached hydrogens (tertiary/aromatic N) is 1. The maximum absolute atomic E-state index is 13.8. The van der Waals surface area contributed by atoms with Crippen LogP contribution in [0.1, 0.15) is 45.7 Å². The third-order valence-electron chi connectivity index (χ3n) is 6.59. The molecule has 4 rings (SSSR count). The zero-order chi connectivity index (χ0) is 26.1. The highest BCUT2D eigenvalue weighted by atomic mass is 19.1. The monoisotopic (exact) mass is 498 g/mol. The molecule has 0 saturated carbocycles. The van der Waals surface area contributed by atoms with Crippen LogP contribution in [0.4, 0.5) is 10.1 Å². The maximum Gasteiger partial charge on any atom is 0.326 e. The highest BCUT2D eigenvalue weighted by Gasteiger charge is 2.37. The molecule has 2 aromatic rings. The van der Waals surface area contributed by atoms with Crippen molar-refractivity contribution in [2.45, 2.75) is 38.8 Å². The van der Waals surface area contributed by atoms with E-state index in [4.69, 9.17) is 4.74 Å². The van der Waals surface area contributed by atoms with Crippen LogP contribution in [0.25, 0.3) is 11.6 Å². The Labute approximate surface area is 206 Å². The Balaban J connectivity index is 1.51. The molecule has 190 valence electrons. The number of aromatic nitrogens is 1. The largest absolute Gasteiger partial charge is 0.480 e. The van der Waals surface area contributed by atoms with Crippen LogP contribution in [0.5, 0.6) is 0 Å². The number of carboxylic acid groups (broad SMARTS) is 1. The highest BCUT2D eigenvalue weighted by Crippen LogP contribution is 2.34. The summed E-state index contributed by atoms with van der Waals surface area (Å²) in [6, 6.07) is 3.12. The fourth-order valence-corrected chi connectivity index (χ4v) is 4.72. The zero-order valence-corrected chi connectivity index (χ0v) is 20.1. The molecule has 0 spiro atoms. The summed E-state index contributed by atoms with van der Waals surface area (Å²) in [4.78, 5) is 54.1. The number of hydrogen-bond acceptors (Lipinski definition) is 5. The second-order valence-electron chi connectivity index (χ2n) is 8.83. The van der Waals surface area contributed by atoms with E-state index >= 15 is 0 Å². The van der Waals surface area contributed by atoms with Gasteiger partial charge < -0.3 is 30.4 Å². The molecule has 2 atom stereocenters. The number of methoxy groups -OCH3 is 1. The average molecular weight is 499 g/mol. The van der Waals surface area contributed by atoms with Gasteiger partial charge in [0.2, 0.25) is 0 Å². The highest BCUT2D eigenvalue weighted by molar-refractivity contribution is 6.34. The Morgan fingerprint density at radius 1 is 1.33 bits per heavy atom. The number of likely N-dealkylation sites (tertiary alicyclic amines) is 1. The molecule has 10 nitrogen and oxygen atoms in total. The third kappa shape index (κ3) is 4.61. The van der Waals surface area contributed by atoms with E-state index in [1.54, 1.807) is 19.9 Å². The summed E-state index contributed by atoms with van der Waals surface area (Å²) in [6.07, 6.45) is 1.49. The van der Waals surface area contributed by atoms with Crippen molar-refractivity contribution >= 4 is 41.0 Å². The van der Waals surface area contributed by atoms with Gasteiger partial charge in [-0.3, -0.25) is 14.4 Å². The van der Waals surface area contributed by atoms with E-state index in [2.05, 4.69) is 15.6 Å². The third-order valence-corrected chi connectivity index (χ3v) is 6.59. The molecule has 2 unspecified atom stereocenters. The number of carboxylic acids is 1. The van der Waals surface area contributed by atoms with Gasteiger partial charge in [-0.1, -0.05) is 0 Å². The van der Waals surface area contributed by atoms with Gasteiger partial charge in [0.05, 0.1) is 17.7 Å². The average Bonchev–Trinajstić information content (AvgIpc) is 3.51. The van der Waals surface area contributed by atoms with E-state index in [-0.39, 0.29) is 18.0 Å². The number of nitrogens with one attached hydrogen (secondary N) is 3. The summed E-state index contributed by atoms with van der Waals surface area (Å²) in [6.45, 7) is 3.59. The molecule has 4 N–H and O–H groups in total. The van der Waals surface area contributed by atoms with Crippen LogP contribution in [0.2, 0.25) is 0 Å². The number of aryl methyl sites for hydroxylation is 1. The first-order valence-electron chi connectivity index (χ1n) is 11.5. The fraction of sp³-hybridized carbons (Fsp3) is 0.360. The van der Waals surface area contributed by atoms with Crippen LogP contribution in [-0.2, 0) is 19.1 Å².